The number of nitrogens with one attached hydrogen (secondary N) is 1. The lowest BCUT2D eigenvalue weighted by Gasteiger charge is -2.22. The summed E-state index contributed by atoms with van der Waals surface area (Å²) >= 11 is 0. The number of aromatic nitrogens is 2. The molecule has 0 atom stereocenters. The van der Waals surface area contributed by atoms with Gasteiger partial charge in [-0.3, -0.25) is 9.48 Å². The van der Waals surface area contributed by atoms with Gasteiger partial charge in [-0.2, -0.15) is 5.10 Å². The highest BCUT2D eigenvalue weighted by Crippen LogP contribution is 2.19. The lowest BCUT2D eigenvalue weighted by atomic mass is 9.91. The molecule has 0 aliphatic carbocycles. The topological polar surface area (TPSA) is 101 Å². The highest BCUT2D eigenvalue weighted by atomic mass is 32.2. The van der Waals surface area contributed by atoms with Crippen LogP contribution in [-0.4, -0.2) is 35.8 Å². The molecule has 0 aliphatic rings. The molecule has 2 N–H and O–H groups in total. The first-order valence-electron chi connectivity index (χ1n) is 5.90. The van der Waals surface area contributed by atoms with Gasteiger partial charge in [0.15, 0.2) is 0 Å². The quantitative estimate of drug-likeness (QED) is 0.768. The average Bonchev–Trinajstić information content (AvgIpc) is 2.75. The molecule has 1 rings (SSSR count). The first-order chi connectivity index (χ1) is 8.66. The number of sulfonamides is 1. The molecule has 0 aromatic carbocycles. The van der Waals surface area contributed by atoms with Crippen LogP contribution in [-0.2, 0) is 21.4 Å². The van der Waals surface area contributed by atoms with Crippen LogP contribution in [0, 0.1) is 5.41 Å². The van der Waals surface area contributed by atoms with E-state index in [-0.39, 0.29) is 16.9 Å². The molecular formula is C11H19N3O4S. The highest BCUT2D eigenvalue weighted by molar-refractivity contribution is 7.89. The summed E-state index contributed by atoms with van der Waals surface area (Å²) in [6, 6.07) is 0. The first kappa shape index (κ1) is 15.6. The normalized spacial score (nSPS) is 12.6. The largest absolute Gasteiger partial charge is 0.480 e. The van der Waals surface area contributed by atoms with Crippen LogP contribution in [0.1, 0.15) is 27.2 Å². The van der Waals surface area contributed by atoms with Crippen molar-refractivity contribution < 1.29 is 18.3 Å². The summed E-state index contributed by atoms with van der Waals surface area (Å²) in [7, 11) is -3.64. The second-order valence-electron chi connectivity index (χ2n) is 5.11. The molecule has 0 unspecified atom stereocenters. The first-order valence-corrected chi connectivity index (χ1v) is 7.38. The molecule has 0 spiro atoms. The van der Waals surface area contributed by atoms with Gasteiger partial charge in [0.05, 0.1) is 6.20 Å². The number of rotatable bonds is 7. The van der Waals surface area contributed by atoms with Crippen molar-refractivity contribution in [3.63, 3.8) is 0 Å². The van der Waals surface area contributed by atoms with E-state index in [1.807, 2.05) is 20.8 Å². The van der Waals surface area contributed by atoms with E-state index < -0.39 is 16.0 Å². The fraction of sp³-hybridized carbons (Fsp3) is 0.636. The lowest BCUT2D eigenvalue weighted by molar-refractivity contribution is -0.137. The number of carbonyl (C=O) groups is 1. The van der Waals surface area contributed by atoms with E-state index in [0.717, 1.165) is 17.3 Å². The molecule has 1 aromatic rings. The Kier molecular flexibility index (Phi) is 4.70. The van der Waals surface area contributed by atoms with Crippen molar-refractivity contribution in [2.45, 2.75) is 38.6 Å². The molecule has 0 fully saturated rings. The minimum absolute atomic E-state index is 0.0272. The Morgan fingerprint density at radius 1 is 1.53 bits per heavy atom. The molecule has 7 nitrogen and oxygen atoms in total. The van der Waals surface area contributed by atoms with Gasteiger partial charge in [-0.15, -0.1) is 0 Å². The number of hydrogen-bond donors (Lipinski definition) is 2. The van der Waals surface area contributed by atoms with Crippen molar-refractivity contribution in [2.75, 3.05) is 6.54 Å². The van der Waals surface area contributed by atoms with Crippen LogP contribution >= 0.6 is 0 Å². The fourth-order valence-corrected chi connectivity index (χ4v) is 2.40. The maximum atomic E-state index is 12.0. The Labute approximate surface area is 112 Å². The molecule has 1 aromatic heterocycles. The van der Waals surface area contributed by atoms with E-state index in [2.05, 4.69) is 9.82 Å². The van der Waals surface area contributed by atoms with Crippen LogP contribution < -0.4 is 4.72 Å². The molecule has 108 valence electrons. The maximum absolute atomic E-state index is 12.0. The minimum atomic E-state index is -3.64. The fourth-order valence-electron chi connectivity index (χ4n) is 1.21. The highest BCUT2D eigenvalue weighted by Gasteiger charge is 2.22. The predicted octanol–water partition coefficient (Wildman–Crippen LogP) is 0.682. The van der Waals surface area contributed by atoms with Gasteiger partial charge in [0.2, 0.25) is 10.0 Å². The number of carboxylic acid groups (broad SMARTS) is 1. The molecule has 19 heavy (non-hydrogen) atoms. The van der Waals surface area contributed by atoms with Crippen LogP contribution in [0.5, 0.6) is 0 Å². The summed E-state index contributed by atoms with van der Waals surface area (Å²) in [5.41, 5.74) is -0.135. The van der Waals surface area contributed by atoms with Crippen molar-refractivity contribution >= 4 is 16.0 Å². The Balaban J connectivity index is 2.78. The Bertz CT molecular complexity index is 548. The van der Waals surface area contributed by atoms with Gasteiger partial charge in [0, 0.05) is 12.7 Å². The van der Waals surface area contributed by atoms with E-state index in [4.69, 9.17) is 5.11 Å². The van der Waals surface area contributed by atoms with Gasteiger partial charge in [0.25, 0.3) is 0 Å². The van der Waals surface area contributed by atoms with Crippen molar-refractivity contribution in [1.82, 2.24) is 14.5 Å². The molecule has 0 amide bonds. The lowest BCUT2D eigenvalue weighted by Crippen LogP contribution is -2.33. The second-order valence-corrected chi connectivity index (χ2v) is 6.88. The monoisotopic (exact) mass is 289 g/mol. The van der Waals surface area contributed by atoms with Crippen LogP contribution in [0.2, 0.25) is 0 Å². The molecule has 0 saturated carbocycles. The Morgan fingerprint density at radius 2 is 2.16 bits per heavy atom. The minimum Gasteiger partial charge on any atom is -0.480 e. The SMILES string of the molecule is CCC(C)(C)CNS(=O)(=O)c1cnn(CC(=O)O)c1. The molecule has 0 radical (unpaired) electrons. The van der Waals surface area contributed by atoms with E-state index in [0.29, 0.717) is 6.54 Å². The zero-order valence-electron chi connectivity index (χ0n) is 11.3. The smallest absolute Gasteiger partial charge is 0.325 e. The number of hydrogen-bond acceptors (Lipinski definition) is 4. The zero-order chi connectivity index (χ0) is 14.7. The molecule has 8 heteroatoms. The summed E-state index contributed by atoms with van der Waals surface area (Å²) < 4.78 is 27.5. The molecule has 0 aliphatic heterocycles. The summed E-state index contributed by atoms with van der Waals surface area (Å²) in [5.74, 6) is -1.08. The van der Waals surface area contributed by atoms with Gasteiger partial charge >= 0.3 is 5.97 Å². The van der Waals surface area contributed by atoms with Crippen LogP contribution in [0.3, 0.4) is 0 Å². The van der Waals surface area contributed by atoms with E-state index in [1.165, 1.54) is 6.20 Å². The van der Waals surface area contributed by atoms with Gasteiger partial charge in [0.1, 0.15) is 11.4 Å². The number of nitrogens with zero attached hydrogens (tertiary/aromatic N) is 2. The maximum Gasteiger partial charge on any atom is 0.325 e. The number of aliphatic carboxylic acids is 1. The van der Waals surface area contributed by atoms with E-state index in [9.17, 15) is 13.2 Å². The summed E-state index contributed by atoms with van der Waals surface area (Å²) in [6.45, 7) is 5.86. The second kappa shape index (κ2) is 5.70. The van der Waals surface area contributed by atoms with Gasteiger partial charge in [-0.05, 0) is 11.8 Å². The summed E-state index contributed by atoms with van der Waals surface area (Å²) in [6.07, 6.45) is 3.19. The van der Waals surface area contributed by atoms with E-state index in [1.54, 1.807) is 0 Å². The van der Waals surface area contributed by atoms with Crippen LogP contribution in [0.4, 0.5) is 0 Å². The average molecular weight is 289 g/mol. The number of carboxylic acids is 1. The summed E-state index contributed by atoms with van der Waals surface area (Å²) in [4.78, 5) is 10.5. The van der Waals surface area contributed by atoms with Crippen molar-refractivity contribution in [1.29, 1.82) is 0 Å². The molecule has 1 heterocycles. The van der Waals surface area contributed by atoms with E-state index >= 15 is 0 Å². The van der Waals surface area contributed by atoms with Crippen molar-refractivity contribution in [3.8, 4) is 0 Å². The third kappa shape index (κ3) is 4.64. The third-order valence-electron chi connectivity index (χ3n) is 2.91. The third-order valence-corrected chi connectivity index (χ3v) is 4.27. The van der Waals surface area contributed by atoms with Crippen molar-refractivity contribution in [2.24, 2.45) is 5.41 Å². The van der Waals surface area contributed by atoms with Gasteiger partial charge in [-0.25, -0.2) is 13.1 Å². The standard InChI is InChI=1S/C11H19N3O4S/c1-4-11(2,3)8-13-19(17,18)9-5-12-14(6-9)7-10(15)16/h5-6,13H,4,7-8H2,1-3H3,(H,15,16). The van der Waals surface area contributed by atoms with Crippen LogP contribution in [0.25, 0.3) is 0 Å². The Morgan fingerprint density at radius 3 is 2.68 bits per heavy atom. The Hall–Kier alpha value is -1.41. The van der Waals surface area contributed by atoms with Gasteiger partial charge in [-0.1, -0.05) is 20.8 Å². The van der Waals surface area contributed by atoms with Crippen LogP contribution in [0.15, 0.2) is 17.3 Å². The zero-order valence-corrected chi connectivity index (χ0v) is 12.1. The molecule has 0 saturated heterocycles. The summed E-state index contributed by atoms with van der Waals surface area (Å²) in [5, 5.41) is 12.3. The van der Waals surface area contributed by atoms with Gasteiger partial charge < -0.3 is 5.11 Å². The predicted molar refractivity (Wildman–Crippen MR) is 69.1 cm³/mol. The van der Waals surface area contributed by atoms with Crippen molar-refractivity contribution in [3.05, 3.63) is 12.4 Å². The molecule has 0 bridgehead atoms. The molecular weight excluding hydrogens is 270 g/mol.